The third-order valence-corrected chi connectivity index (χ3v) is 6.29. The maximum absolute atomic E-state index is 13.0. The fourth-order valence-corrected chi connectivity index (χ4v) is 4.49. The number of fused-ring (bicyclic) bond motifs is 1. The number of ether oxygens (including phenoxy) is 1. The van der Waals surface area contributed by atoms with Gasteiger partial charge >= 0.3 is 6.09 Å². The Hall–Kier alpha value is -2.80. The van der Waals surface area contributed by atoms with Crippen molar-refractivity contribution in [3.63, 3.8) is 0 Å². The third-order valence-electron chi connectivity index (χ3n) is 4.52. The molecule has 3 rings (SSSR count). The first-order valence-electron chi connectivity index (χ1n) is 9.44. The Morgan fingerprint density at radius 2 is 1.72 bits per heavy atom. The van der Waals surface area contributed by atoms with Crippen LogP contribution in [-0.2, 0) is 21.6 Å². The summed E-state index contributed by atoms with van der Waals surface area (Å²) in [4.78, 5) is 14.7. The maximum Gasteiger partial charge on any atom is 0.414 e. The molecule has 0 aliphatic rings. The average Bonchev–Trinajstić information content (AvgIpc) is 2.98. The summed E-state index contributed by atoms with van der Waals surface area (Å²) in [5, 5.41) is 0.678. The molecule has 154 valence electrons. The number of hydrogen-bond acceptors (Lipinski definition) is 4. The van der Waals surface area contributed by atoms with E-state index in [1.165, 1.54) is 4.90 Å². The maximum atomic E-state index is 13.0. The number of nitrogens with zero attached hydrogens (tertiary/aromatic N) is 2. The fraction of sp³-hybridized carbons (Fsp3) is 0.318. The molecule has 1 heterocycles. The second-order valence-corrected chi connectivity index (χ2v) is 9.79. The van der Waals surface area contributed by atoms with Gasteiger partial charge in [0.25, 0.3) is 0 Å². The summed E-state index contributed by atoms with van der Waals surface area (Å²) in [6, 6.07) is 13.3. The lowest BCUT2D eigenvalue weighted by Crippen LogP contribution is -2.36. The van der Waals surface area contributed by atoms with Gasteiger partial charge in [0.15, 0.2) is 0 Å². The highest BCUT2D eigenvalue weighted by Gasteiger charge is 2.26. The number of amides is 1. The Morgan fingerprint density at radius 1 is 1.07 bits per heavy atom. The van der Waals surface area contributed by atoms with E-state index < -0.39 is 21.5 Å². The van der Waals surface area contributed by atoms with Crippen molar-refractivity contribution in [2.45, 2.75) is 43.1 Å². The number of sulfone groups is 1. The molecular weight excluding hydrogens is 388 g/mol. The SMILES string of the molecule is CCN(C(=O)OC(C)(C)C)c1cn(C)c2ccc(S(=O)(=O)c3ccccc3)cc12. The zero-order chi connectivity index (χ0) is 21.4. The molecule has 0 spiro atoms. The molecule has 2 aromatic carbocycles. The van der Waals surface area contributed by atoms with Crippen molar-refractivity contribution in [1.82, 2.24) is 4.57 Å². The Morgan fingerprint density at radius 3 is 2.31 bits per heavy atom. The summed E-state index contributed by atoms with van der Waals surface area (Å²) in [5.41, 5.74) is 0.815. The van der Waals surface area contributed by atoms with Gasteiger partial charge in [-0.3, -0.25) is 4.90 Å². The van der Waals surface area contributed by atoms with Crippen molar-refractivity contribution in [1.29, 1.82) is 0 Å². The Labute approximate surface area is 171 Å². The number of hydrogen-bond donors (Lipinski definition) is 0. The van der Waals surface area contributed by atoms with Crippen LogP contribution in [0.3, 0.4) is 0 Å². The predicted molar refractivity (Wildman–Crippen MR) is 114 cm³/mol. The first kappa shape index (κ1) is 20.9. The summed E-state index contributed by atoms with van der Waals surface area (Å²) in [5.74, 6) is 0. The molecule has 0 saturated carbocycles. The summed E-state index contributed by atoms with van der Waals surface area (Å²) in [6.07, 6.45) is 1.35. The summed E-state index contributed by atoms with van der Waals surface area (Å²) >= 11 is 0. The summed E-state index contributed by atoms with van der Waals surface area (Å²) in [6.45, 7) is 7.68. The van der Waals surface area contributed by atoms with Crippen LogP contribution in [0.15, 0.2) is 64.5 Å². The van der Waals surface area contributed by atoms with E-state index >= 15 is 0 Å². The molecule has 0 bridgehead atoms. The summed E-state index contributed by atoms with van der Waals surface area (Å²) < 4.78 is 33.5. The van der Waals surface area contributed by atoms with Crippen molar-refractivity contribution in [3.05, 3.63) is 54.7 Å². The molecule has 0 atom stereocenters. The van der Waals surface area contributed by atoms with Crippen LogP contribution in [0.1, 0.15) is 27.7 Å². The normalized spacial score (nSPS) is 12.2. The summed E-state index contributed by atoms with van der Waals surface area (Å²) in [7, 11) is -1.80. The van der Waals surface area contributed by atoms with Crippen LogP contribution in [-0.4, -0.2) is 31.2 Å². The van der Waals surface area contributed by atoms with Gasteiger partial charge in [0.2, 0.25) is 9.84 Å². The van der Waals surface area contributed by atoms with E-state index in [-0.39, 0.29) is 9.79 Å². The van der Waals surface area contributed by atoms with Gasteiger partial charge in [-0.05, 0) is 58.0 Å². The van der Waals surface area contributed by atoms with E-state index in [0.29, 0.717) is 17.6 Å². The number of rotatable bonds is 4. The Bertz CT molecular complexity index is 1140. The minimum Gasteiger partial charge on any atom is -0.443 e. The zero-order valence-electron chi connectivity index (χ0n) is 17.3. The van der Waals surface area contributed by atoms with E-state index in [1.54, 1.807) is 48.5 Å². The van der Waals surface area contributed by atoms with E-state index in [2.05, 4.69) is 0 Å². The monoisotopic (exact) mass is 414 g/mol. The van der Waals surface area contributed by atoms with Gasteiger partial charge in [0.1, 0.15) is 5.60 Å². The van der Waals surface area contributed by atoms with Crippen LogP contribution in [0.5, 0.6) is 0 Å². The number of carbonyl (C=O) groups is 1. The number of anilines is 1. The number of aryl methyl sites for hydroxylation is 1. The van der Waals surface area contributed by atoms with Gasteiger partial charge < -0.3 is 9.30 Å². The van der Waals surface area contributed by atoms with Gasteiger partial charge in [-0.25, -0.2) is 13.2 Å². The average molecular weight is 415 g/mol. The fourth-order valence-electron chi connectivity index (χ4n) is 3.18. The first-order valence-corrected chi connectivity index (χ1v) is 10.9. The number of benzene rings is 2. The Kier molecular flexibility index (Phi) is 5.45. The molecule has 0 aliphatic carbocycles. The van der Waals surface area contributed by atoms with Gasteiger partial charge in [-0.15, -0.1) is 0 Å². The van der Waals surface area contributed by atoms with E-state index in [0.717, 1.165) is 5.52 Å². The molecule has 0 unspecified atom stereocenters. The van der Waals surface area contributed by atoms with Crippen LogP contribution in [0.4, 0.5) is 10.5 Å². The molecule has 29 heavy (non-hydrogen) atoms. The van der Waals surface area contributed by atoms with E-state index in [1.807, 2.05) is 45.5 Å². The molecule has 0 fully saturated rings. The Balaban J connectivity index is 2.13. The lowest BCUT2D eigenvalue weighted by atomic mass is 10.2. The molecule has 3 aromatic rings. The number of aromatic nitrogens is 1. The molecule has 0 saturated heterocycles. The lowest BCUT2D eigenvalue weighted by molar-refractivity contribution is 0.0582. The quantitative estimate of drug-likeness (QED) is 0.616. The van der Waals surface area contributed by atoms with Crippen LogP contribution in [0.25, 0.3) is 10.9 Å². The minimum atomic E-state index is -3.66. The molecule has 1 amide bonds. The molecule has 0 radical (unpaired) electrons. The van der Waals surface area contributed by atoms with Crippen LogP contribution in [0, 0.1) is 0 Å². The minimum absolute atomic E-state index is 0.184. The topological polar surface area (TPSA) is 68.6 Å². The molecular formula is C22H26N2O4S. The van der Waals surface area contributed by atoms with Gasteiger partial charge in [0, 0.05) is 30.7 Å². The van der Waals surface area contributed by atoms with Crippen molar-refractivity contribution < 1.29 is 17.9 Å². The van der Waals surface area contributed by atoms with Gasteiger partial charge in [-0.2, -0.15) is 0 Å². The second kappa shape index (κ2) is 7.55. The van der Waals surface area contributed by atoms with Crippen LogP contribution in [0.2, 0.25) is 0 Å². The van der Waals surface area contributed by atoms with Gasteiger partial charge in [0.05, 0.1) is 15.5 Å². The van der Waals surface area contributed by atoms with Crippen molar-refractivity contribution in [2.24, 2.45) is 7.05 Å². The largest absolute Gasteiger partial charge is 0.443 e. The molecule has 6 nitrogen and oxygen atoms in total. The molecule has 7 heteroatoms. The van der Waals surface area contributed by atoms with Crippen LogP contribution >= 0.6 is 0 Å². The van der Waals surface area contributed by atoms with Crippen molar-refractivity contribution in [3.8, 4) is 0 Å². The highest BCUT2D eigenvalue weighted by Crippen LogP contribution is 2.33. The van der Waals surface area contributed by atoms with Crippen molar-refractivity contribution in [2.75, 3.05) is 11.4 Å². The lowest BCUT2D eigenvalue weighted by Gasteiger charge is -2.26. The van der Waals surface area contributed by atoms with Gasteiger partial charge in [-0.1, -0.05) is 18.2 Å². The molecule has 0 N–H and O–H groups in total. The third kappa shape index (κ3) is 4.15. The highest BCUT2D eigenvalue weighted by atomic mass is 32.2. The molecule has 0 aliphatic heterocycles. The zero-order valence-corrected chi connectivity index (χ0v) is 18.2. The number of carbonyl (C=O) groups excluding carboxylic acids is 1. The standard InChI is InChI=1S/C22H26N2O4S/c1-6-24(21(25)28-22(2,3)4)20-15-23(5)19-13-12-17(14-18(19)20)29(26,27)16-10-8-7-9-11-16/h7-15H,6H2,1-5H3. The van der Waals surface area contributed by atoms with Crippen LogP contribution < -0.4 is 4.90 Å². The second-order valence-electron chi connectivity index (χ2n) is 7.85. The van der Waals surface area contributed by atoms with E-state index in [4.69, 9.17) is 4.74 Å². The smallest absolute Gasteiger partial charge is 0.414 e. The van der Waals surface area contributed by atoms with Crippen molar-refractivity contribution >= 4 is 32.5 Å². The van der Waals surface area contributed by atoms with E-state index in [9.17, 15) is 13.2 Å². The highest BCUT2D eigenvalue weighted by molar-refractivity contribution is 7.91. The molecule has 1 aromatic heterocycles. The predicted octanol–water partition coefficient (Wildman–Crippen LogP) is 4.77. The first-order chi connectivity index (χ1) is 13.5.